The number of hydrogen-bond donors (Lipinski definition) is 4. The Labute approximate surface area is 105 Å². The standard InChI is InChI=1S/C10H19O7P/c1-4-10(5-2,9(13)14)7(18(15,16)17)6(3)8(11)12/h6-7H,4-5H2,1-3H3,(H,11,12)(H,13,14)(H2,15,16,17). The zero-order chi connectivity index (χ0) is 14.7. The lowest BCUT2D eigenvalue weighted by atomic mass is 9.74. The van der Waals surface area contributed by atoms with E-state index in [-0.39, 0.29) is 12.8 Å². The van der Waals surface area contributed by atoms with Crippen LogP contribution in [0.3, 0.4) is 0 Å². The Morgan fingerprint density at radius 3 is 1.72 bits per heavy atom. The first-order valence-electron chi connectivity index (χ1n) is 5.56. The SMILES string of the molecule is CCC(CC)(C(=O)O)C(C(C)C(=O)O)P(=O)(O)O. The van der Waals surface area contributed by atoms with E-state index in [9.17, 15) is 29.0 Å². The summed E-state index contributed by atoms with van der Waals surface area (Å²) in [6, 6.07) is 0. The lowest BCUT2D eigenvalue weighted by Crippen LogP contribution is -2.46. The van der Waals surface area contributed by atoms with Gasteiger partial charge in [-0.2, -0.15) is 0 Å². The molecule has 106 valence electrons. The van der Waals surface area contributed by atoms with Crippen LogP contribution in [-0.4, -0.2) is 37.6 Å². The number of aliphatic carboxylic acids is 2. The quantitative estimate of drug-likeness (QED) is 0.515. The molecule has 0 aliphatic carbocycles. The van der Waals surface area contributed by atoms with Gasteiger partial charge in [-0.15, -0.1) is 0 Å². The summed E-state index contributed by atoms with van der Waals surface area (Å²) in [6.07, 6.45) is -0.0988. The predicted octanol–water partition coefficient (Wildman–Crippen LogP) is 1.14. The average Bonchev–Trinajstić information content (AvgIpc) is 2.22. The van der Waals surface area contributed by atoms with Crippen LogP contribution in [0.15, 0.2) is 0 Å². The van der Waals surface area contributed by atoms with Crippen LogP contribution < -0.4 is 0 Å². The molecule has 4 N–H and O–H groups in total. The van der Waals surface area contributed by atoms with Crippen molar-refractivity contribution in [3.8, 4) is 0 Å². The van der Waals surface area contributed by atoms with Crippen molar-refractivity contribution in [2.75, 3.05) is 0 Å². The molecule has 0 aliphatic rings. The molecule has 8 heteroatoms. The summed E-state index contributed by atoms with van der Waals surface area (Å²) in [5.41, 5.74) is -3.48. The van der Waals surface area contributed by atoms with Crippen molar-refractivity contribution in [2.45, 2.75) is 39.3 Å². The lowest BCUT2D eigenvalue weighted by molar-refractivity contribution is -0.152. The van der Waals surface area contributed by atoms with E-state index < -0.39 is 36.5 Å². The molecule has 0 spiro atoms. The number of rotatable bonds is 7. The average molecular weight is 282 g/mol. The number of carbonyl (C=O) groups is 2. The predicted molar refractivity (Wildman–Crippen MR) is 63.3 cm³/mol. The van der Waals surface area contributed by atoms with Crippen molar-refractivity contribution in [3.05, 3.63) is 0 Å². The molecular formula is C10H19O7P. The maximum Gasteiger partial charge on any atom is 0.330 e. The topological polar surface area (TPSA) is 132 Å². The molecule has 0 saturated carbocycles. The highest BCUT2D eigenvalue weighted by molar-refractivity contribution is 7.52. The molecule has 0 rings (SSSR count). The van der Waals surface area contributed by atoms with Crippen molar-refractivity contribution in [1.29, 1.82) is 0 Å². The fourth-order valence-corrected chi connectivity index (χ4v) is 4.15. The lowest BCUT2D eigenvalue weighted by Gasteiger charge is -2.37. The fraction of sp³-hybridized carbons (Fsp3) is 0.800. The van der Waals surface area contributed by atoms with Crippen LogP contribution >= 0.6 is 7.60 Å². The first-order valence-corrected chi connectivity index (χ1v) is 7.24. The Bertz CT molecular complexity index is 368. The number of hydrogen-bond acceptors (Lipinski definition) is 3. The maximum absolute atomic E-state index is 11.5. The molecule has 0 aromatic carbocycles. The highest BCUT2D eigenvalue weighted by Gasteiger charge is 2.55. The Hall–Kier alpha value is -0.910. The van der Waals surface area contributed by atoms with Crippen LogP contribution in [0.1, 0.15) is 33.6 Å². The molecule has 0 aromatic rings. The molecule has 0 aromatic heterocycles. The van der Waals surface area contributed by atoms with Crippen molar-refractivity contribution in [2.24, 2.45) is 11.3 Å². The van der Waals surface area contributed by atoms with Gasteiger partial charge in [-0.25, -0.2) is 0 Å². The second kappa shape index (κ2) is 5.82. The number of carboxylic acids is 2. The van der Waals surface area contributed by atoms with Gasteiger partial charge in [0.15, 0.2) is 0 Å². The van der Waals surface area contributed by atoms with E-state index in [1.165, 1.54) is 13.8 Å². The normalized spacial score (nSPS) is 16.1. The first kappa shape index (κ1) is 17.1. The third kappa shape index (κ3) is 3.10. The summed E-state index contributed by atoms with van der Waals surface area (Å²) in [5.74, 6) is -4.24. The molecule has 0 fully saturated rings. The Kier molecular flexibility index (Phi) is 5.53. The van der Waals surface area contributed by atoms with E-state index in [4.69, 9.17) is 5.11 Å². The third-order valence-corrected chi connectivity index (χ3v) is 5.15. The van der Waals surface area contributed by atoms with Crippen LogP contribution in [0.2, 0.25) is 0 Å². The molecule has 0 amide bonds. The minimum absolute atomic E-state index is 0.0494. The van der Waals surface area contributed by atoms with Gasteiger partial charge in [-0.1, -0.05) is 20.8 Å². The van der Waals surface area contributed by atoms with Gasteiger partial charge < -0.3 is 20.0 Å². The van der Waals surface area contributed by atoms with E-state index in [2.05, 4.69) is 0 Å². The largest absolute Gasteiger partial charge is 0.481 e. The van der Waals surface area contributed by atoms with Crippen LogP contribution in [0.4, 0.5) is 0 Å². The van der Waals surface area contributed by atoms with Gasteiger partial charge in [0.05, 0.1) is 17.0 Å². The Morgan fingerprint density at radius 1 is 1.17 bits per heavy atom. The molecule has 2 atom stereocenters. The third-order valence-electron chi connectivity index (χ3n) is 3.48. The monoisotopic (exact) mass is 282 g/mol. The summed E-state index contributed by atoms with van der Waals surface area (Å²) in [7, 11) is -4.86. The van der Waals surface area contributed by atoms with Gasteiger partial charge in [-0.05, 0) is 12.8 Å². The second-order valence-electron chi connectivity index (χ2n) is 4.33. The van der Waals surface area contributed by atoms with E-state index in [0.717, 1.165) is 6.92 Å². The van der Waals surface area contributed by atoms with Gasteiger partial charge in [0, 0.05) is 0 Å². The number of carboxylic acid groups (broad SMARTS) is 2. The molecular weight excluding hydrogens is 263 g/mol. The van der Waals surface area contributed by atoms with Crippen LogP contribution in [0.5, 0.6) is 0 Å². The van der Waals surface area contributed by atoms with Crippen LogP contribution in [0, 0.1) is 11.3 Å². The molecule has 18 heavy (non-hydrogen) atoms. The molecule has 0 saturated heterocycles. The zero-order valence-electron chi connectivity index (χ0n) is 10.5. The van der Waals surface area contributed by atoms with E-state index >= 15 is 0 Å². The zero-order valence-corrected chi connectivity index (χ0v) is 11.4. The molecule has 0 bridgehead atoms. The minimum atomic E-state index is -4.86. The summed E-state index contributed by atoms with van der Waals surface area (Å²) >= 11 is 0. The Morgan fingerprint density at radius 2 is 1.56 bits per heavy atom. The highest BCUT2D eigenvalue weighted by Crippen LogP contribution is 2.56. The van der Waals surface area contributed by atoms with Crippen molar-refractivity contribution in [1.82, 2.24) is 0 Å². The fourth-order valence-electron chi connectivity index (χ4n) is 2.32. The van der Waals surface area contributed by atoms with E-state index in [1.807, 2.05) is 0 Å². The van der Waals surface area contributed by atoms with Gasteiger partial charge >= 0.3 is 19.5 Å². The van der Waals surface area contributed by atoms with Crippen molar-refractivity contribution >= 4 is 19.5 Å². The molecule has 7 nitrogen and oxygen atoms in total. The molecule has 0 radical (unpaired) electrons. The maximum atomic E-state index is 11.5. The molecule has 2 unspecified atom stereocenters. The van der Waals surface area contributed by atoms with E-state index in [0.29, 0.717) is 0 Å². The summed E-state index contributed by atoms with van der Waals surface area (Å²) in [5, 5.41) is 18.2. The van der Waals surface area contributed by atoms with Crippen LogP contribution in [-0.2, 0) is 14.2 Å². The molecule has 0 heterocycles. The summed E-state index contributed by atoms with van der Waals surface area (Å²) in [6.45, 7) is 4.08. The summed E-state index contributed by atoms with van der Waals surface area (Å²) < 4.78 is 11.5. The smallest absolute Gasteiger partial charge is 0.330 e. The minimum Gasteiger partial charge on any atom is -0.481 e. The second-order valence-corrected chi connectivity index (χ2v) is 6.06. The molecule has 0 aliphatic heterocycles. The first-order chi connectivity index (χ1) is 8.04. The Balaban J connectivity index is 5.91. The summed E-state index contributed by atoms with van der Waals surface area (Å²) in [4.78, 5) is 41.0. The van der Waals surface area contributed by atoms with E-state index in [1.54, 1.807) is 0 Å². The van der Waals surface area contributed by atoms with Crippen molar-refractivity contribution in [3.63, 3.8) is 0 Å². The van der Waals surface area contributed by atoms with Gasteiger partial charge in [-0.3, -0.25) is 14.2 Å². The van der Waals surface area contributed by atoms with Gasteiger partial charge in [0.2, 0.25) is 0 Å². The van der Waals surface area contributed by atoms with Gasteiger partial charge in [0.25, 0.3) is 0 Å². The van der Waals surface area contributed by atoms with Gasteiger partial charge in [0.1, 0.15) is 0 Å². The highest BCUT2D eigenvalue weighted by atomic mass is 31.2. The van der Waals surface area contributed by atoms with Crippen molar-refractivity contribution < 1.29 is 34.2 Å². The van der Waals surface area contributed by atoms with Crippen LogP contribution in [0.25, 0.3) is 0 Å².